The molecule has 0 bridgehead atoms. The highest BCUT2D eigenvalue weighted by atomic mass is 19.4. The molecular weight excluding hydrogens is 339 g/mol. The number of halogens is 3. The van der Waals surface area contributed by atoms with Crippen LogP contribution in [0.2, 0.25) is 0 Å². The van der Waals surface area contributed by atoms with Crippen molar-refractivity contribution in [2.75, 3.05) is 0 Å². The second-order valence-corrected chi connectivity index (χ2v) is 5.58. The minimum Gasteiger partial charge on any atom is -0.481 e. The first-order valence-electron chi connectivity index (χ1n) is 7.34. The summed E-state index contributed by atoms with van der Waals surface area (Å²) in [5.74, 6) is -1.59. The van der Waals surface area contributed by atoms with Crippen LogP contribution < -0.4 is 5.32 Å². The van der Waals surface area contributed by atoms with E-state index in [9.17, 15) is 22.8 Å². The van der Waals surface area contributed by atoms with Crippen molar-refractivity contribution < 1.29 is 27.9 Å². The number of carbonyl (C=O) groups excluding carboxylic acids is 1. The van der Waals surface area contributed by atoms with E-state index in [2.05, 4.69) is 10.4 Å². The van der Waals surface area contributed by atoms with Crippen molar-refractivity contribution in [3.05, 3.63) is 47.3 Å². The summed E-state index contributed by atoms with van der Waals surface area (Å²) in [6.45, 7) is 3.09. The van der Waals surface area contributed by atoms with E-state index in [-0.39, 0.29) is 17.7 Å². The van der Waals surface area contributed by atoms with Gasteiger partial charge in [0.15, 0.2) is 0 Å². The first-order chi connectivity index (χ1) is 11.6. The van der Waals surface area contributed by atoms with Crippen molar-refractivity contribution in [1.82, 2.24) is 15.1 Å². The molecule has 2 aromatic rings. The summed E-state index contributed by atoms with van der Waals surface area (Å²) in [5.41, 5.74) is -0.139. The van der Waals surface area contributed by atoms with Gasteiger partial charge < -0.3 is 10.4 Å². The van der Waals surface area contributed by atoms with Gasteiger partial charge in [-0.3, -0.25) is 9.59 Å². The number of benzene rings is 1. The minimum absolute atomic E-state index is 0.162. The van der Waals surface area contributed by atoms with E-state index in [1.165, 1.54) is 23.0 Å². The molecule has 0 radical (unpaired) electrons. The quantitative estimate of drug-likeness (QED) is 0.864. The highest BCUT2D eigenvalue weighted by molar-refractivity contribution is 5.95. The molecule has 1 aromatic heterocycles. The lowest BCUT2D eigenvalue weighted by molar-refractivity contribution is -0.138. The zero-order valence-electron chi connectivity index (χ0n) is 13.5. The molecule has 0 saturated carbocycles. The SMILES string of the molecule is Cc1c(C(=O)NC(C)CC(=O)O)cnn1-c1cccc(C(F)(F)F)c1. The van der Waals surface area contributed by atoms with Gasteiger partial charge in [-0.2, -0.15) is 18.3 Å². The van der Waals surface area contributed by atoms with Gasteiger partial charge in [0.2, 0.25) is 0 Å². The molecule has 0 fully saturated rings. The van der Waals surface area contributed by atoms with Crippen molar-refractivity contribution in [1.29, 1.82) is 0 Å². The molecule has 134 valence electrons. The Hall–Kier alpha value is -2.84. The maximum absolute atomic E-state index is 12.8. The molecule has 0 aliphatic carbocycles. The van der Waals surface area contributed by atoms with Crippen LogP contribution in [-0.4, -0.2) is 32.8 Å². The molecule has 1 amide bonds. The number of nitrogens with one attached hydrogen (secondary N) is 1. The van der Waals surface area contributed by atoms with Gasteiger partial charge in [-0.1, -0.05) is 6.07 Å². The Kier molecular flexibility index (Phi) is 5.15. The standard InChI is InChI=1S/C16H16F3N3O3/c1-9(6-14(23)24)21-15(25)13-8-20-22(10(13)2)12-5-3-4-11(7-12)16(17,18)19/h3-5,7-9H,6H2,1-2H3,(H,21,25)(H,23,24). The molecular formula is C16H16F3N3O3. The minimum atomic E-state index is -4.48. The van der Waals surface area contributed by atoms with E-state index in [1.807, 2.05) is 0 Å². The maximum atomic E-state index is 12.8. The van der Waals surface area contributed by atoms with E-state index < -0.39 is 29.7 Å². The number of hydrogen-bond donors (Lipinski definition) is 2. The van der Waals surface area contributed by atoms with Crippen molar-refractivity contribution in [2.45, 2.75) is 32.5 Å². The lowest BCUT2D eigenvalue weighted by Crippen LogP contribution is -2.34. The van der Waals surface area contributed by atoms with Gasteiger partial charge in [-0.15, -0.1) is 0 Å². The lowest BCUT2D eigenvalue weighted by atomic mass is 10.1. The molecule has 1 atom stereocenters. The number of carboxylic acids is 1. The molecule has 0 saturated heterocycles. The summed E-state index contributed by atoms with van der Waals surface area (Å²) >= 11 is 0. The third-order valence-electron chi connectivity index (χ3n) is 3.53. The molecule has 1 unspecified atom stereocenters. The molecule has 1 heterocycles. The van der Waals surface area contributed by atoms with Crippen molar-refractivity contribution in [3.8, 4) is 5.69 Å². The van der Waals surface area contributed by atoms with Gasteiger partial charge >= 0.3 is 12.1 Å². The van der Waals surface area contributed by atoms with Crippen LogP contribution in [0, 0.1) is 6.92 Å². The normalized spacial score (nSPS) is 12.7. The fraction of sp³-hybridized carbons (Fsp3) is 0.312. The zero-order valence-corrected chi connectivity index (χ0v) is 13.5. The predicted molar refractivity (Wildman–Crippen MR) is 82.5 cm³/mol. The second kappa shape index (κ2) is 6.96. The van der Waals surface area contributed by atoms with Crippen LogP contribution in [0.4, 0.5) is 13.2 Å². The Labute approximate surface area is 141 Å². The number of nitrogens with zero attached hydrogens (tertiary/aromatic N) is 2. The topological polar surface area (TPSA) is 84.2 Å². The largest absolute Gasteiger partial charge is 0.481 e. The zero-order chi connectivity index (χ0) is 18.8. The lowest BCUT2D eigenvalue weighted by Gasteiger charge is -2.12. The van der Waals surface area contributed by atoms with Crippen LogP contribution in [0.3, 0.4) is 0 Å². The number of amides is 1. The Balaban J connectivity index is 2.27. The van der Waals surface area contributed by atoms with E-state index >= 15 is 0 Å². The average Bonchev–Trinajstić information content (AvgIpc) is 2.87. The number of alkyl halides is 3. The molecule has 25 heavy (non-hydrogen) atoms. The Morgan fingerprint density at radius 3 is 2.64 bits per heavy atom. The van der Waals surface area contributed by atoms with E-state index in [1.54, 1.807) is 13.8 Å². The van der Waals surface area contributed by atoms with Crippen molar-refractivity contribution >= 4 is 11.9 Å². The summed E-state index contributed by atoms with van der Waals surface area (Å²) in [6.07, 6.45) is -3.49. The molecule has 1 aromatic carbocycles. The van der Waals surface area contributed by atoms with Gasteiger partial charge in [0.1, 0.15) is 0 Å². The molecule has 0 spiro atoms. The number of hydrogen-bond acceptors (Lipinski definition) is 3. The van der Waals surface area contributed by atoms with Crippen LogP contribution in [0.5, 0.6) is 0 Å². The predicted octanol–water partition coefficient (Wildman–Crippen LogP) is 2.79. The molecule has 2 rings (SSSR count). The third-order valence-corrected chi connectivity index (χ3v) is 3.53. The highest BCUT2D eigenvalue weighted by Gasteiger charge is 2.30. The Morgan fingerprint density at radius 1 is 1.36 bits per heavy atom. The molecule has 6 nitrogen and oxygen atoms in total. The van der Waals surface area contributed by atoms with Gasteiger partial charge in [0, 0.05) is 6.04 Å². The number of carbonyl (C=O) groups is 2. The van der Waals surface area contributed by atoms with E-state index in [0.29, 0.717) is 5.69 Å². The first-order valence-corrected chi connectivity index (χ1v) is 7.34. The molecule has 0 aliphatic rings. The number of rotatable bonds is 5. The van der Waals surface area contributed by atoms with Gasteiger partial charge in [-0.05, 0) is 32.0 Å². The van der Waals surface area contributed by atoms with Gasteiger partial charge in [0.25, 0.3) is 5.91 Å². The number of aromatic nitrogens is 2. The van der Waals surface area contributed by atoms with Crippen molar-refractivity contribution in [3.63, 3.8) is 0 Å². The summed E-state index contributed by atoms with van der Waals surface area (Å²) in [6, 6.07) is 4.00. The summed E-state index contributed by atoms with van der Waals surface area (Å²) in [5, 5.41) is 15.2. The third kappa shape index (κ3) is 4.37. The molecule has 0 aliphatic heterocycles. The fourth-order valence-electron chi connectivity index (χ4n) is 2.32. The first kappa shape index (κ1) is 18.5. The Bertz CT molecular complexity index is 799. The summed E-state index contributed by atoms with van der Waals surface area (Å²) in [7, 11) is 0. The van der Waals surface area contributed by atoms with Gasteiger partial charge in [0.05, 0.1) is 35.1 Å². The summed E-state index contributed by atoms with van der Waals surface area (Å²) in [4.78, 5) is 22.8. The number of aliphatic carboxylic acids is 1. The fourth-order valence-corrected chi connectivity index (χ4v) is 2.32. The van der Waals surface area contributed by atoms with Crippen molar-refractivity contribution in [2.24, 2.45) is 0 Å². The van der Waals surface area contributed by atoms with E-state index in [0.717, 1.165) is 12.1 Å². The Morgan fingerprint density at radius 2 is 2.04 bits per heavy atom. The second-order valence-electron chi connectivity index (χ2n) is 5.58. The summed E-state index contributed by atoms with van der Waals surface area (Å²) < 4.78 is 39.7. The van der Waals surface area contributed by atoms with Gasteiger partial charge in [-0.25, -0.2) is 4.68 Å². The number of carboxylic acid groups (broad SMARTS) is 1. The highest BCUT2D eigenvalue weighted by Crippen LogP contribution is 2.30. The average molecular weight is 355 g/mol. The molecule has 9 heteroatoms. The molecule has 2 N–H and O–H groups in total. The van der Waals surface area contributed by atoms with E-state index in [4.69, 9.17) is 5.11 Å². The van der Waals surface area contributed by atoms with Crippen LogP contribution >= 0.6 is 0 Å². The van der Waals surface area contributed by atoms with Crippen LogP contribution in [0.15, 0.2) is 30.5 Å². The van der Waals surface area contributed by atoms with Crippen LogP contribution in [-0.2, 0) is 11.0 Å². The van der Waals surface area contributed by atoms with Crippen LogP contribution in [0.1, 0.15) is 35.0 Å². The van der Waals surface area contributed by atoms with Crippen LogP contribution in [0.25, 0.3) is 5.69 Å². The monoisotopic (exact) mass is 355 g/mol. The smallest absolute Gasteiger partial charge is 0.416 e. The maximum Gasteiger partial charge on any atom is 0.416 e.